The first-order valence-corrected chi connectivity index (χ1v) is 5.63. The van der Waals surface area contributed by atoms with Gasteiger partial charge in [0.1, 0.15) is 0 Å². The third-order valence-corrected chi connectivity index (χ3v) is 2.43. The summed E-state index contributed by atoms with van der Waals surface area (Å²) < 4.78 is 5.02. The lowest BCUT2D eigenvalue weighted by atomic mass is 10.0. The smallest absolute Gasteiger partial charge is 0.338 e. The number of rotatable bonds is 5. The average Bonchev–Trinajstić information content (AvgIpc) is 2.36. The normalized spacial score (nSPS) is 10.9. The predicted octanol–water partition coefficient (Wildman–Crippen LogP) is 2.57. The number of benzene rings is 1. The van der Waals surface area contributed by atoms with Gasteiger partial charge >= 0.3 is 5.97 Å². The minimum Gasteiger partial charge on any atom is -0.462 e. The van der Waals surface area contributed by atoms with Crippen molar-refractivity contribution in [1.82, 2.24) is 5.32 Å². The Morgan fingerprint density at radius 2 is 2.17 bits per heavy atom. The first-order valence-electron chi connectivity index (χ1n) is 5.63. The third kappa shape index (κ3) is 4.40. The second kappa shape index (κ2) is 8.57. The molecule has 1 aromatic carbocycles. The second-order valence-corrected chi connectivity index (χ2v) is 3.61. The molecule has 3 nitrogen and oxygen atoms in total. The van der Waals surface area contributed by atoms with Crippen molar-refractivity contribution < 1.29 is 9.53 Å². The van der Waals surface area contributed by atoms with Crippen LogP contribution in [0.3, 0.4) is 0 Å². The molecule has 0 fully saturated rings. The van der Waals surface area contributed by atoms with E-state index in [1.807, 2.05) is 25.1 Å². The zero-order valence-corrected chi connectivity index (χ0v) is 11.4. The molecular formula is C14H18ClNO2. The Kier molecular flexibility index (Phi) is 7.86. The third-order valence-electron chi connectivity index (χ3n) is 2.43. The molecule has 0 saturated heterocycles. The number of carbonyl (C=O) groups is 1. The molecule has 0 aliphatic rings. The Morgan fingerprint density at radius 3 is 2.78 bits per heavy atom. The van der Waals surface area contributed by atoms with Gasteiger partial charge in [-0.3, -0.25) is 5.32 Å². The summed E-state index contributed by atoms with van der Waals surface area (Å²) in [7, 11) is 0. The van der Waals surface area contributed by atoms with Crippen molar-refractivity contribution in [2.75, 3.05) is 13.2 Å². The number of hydrogen-bond acceptors (Lipinski definition) is 3. The van der Waals surface area contributed by atoms with Gasteiger partial charge in [-0.25, -0.2) is 4.79 Å². The van der Waals surface area contributed by atoms with Crippen LogP contribution in [-0.4, -0.2) is 19.1 Å². The van der Waals surface area contributed by atoms with E-state index in [9.17, 15) is 4.79 Å². The highest BCUT2D eigenvalue weighted by Crippen LogP contribution is 2.18. The predicted molar refractivity (Wildman–Crippen MR) is 74.9 cm³/mol. The van der Waals surface area contributed by atoms with E-state index in [0.29, 0.717) is 18.7 Å². The lowest BCUT2D eigenvalue weighted by Crippen LogP contribution is -2.21. The maximum Gasteiger partial charge on any atom is 0.338 e. The van der Waals surface area contributed by atoms with Crippen molar-refractivity contribution in [2.45, 2.75) is 19.9 Å². The highest BCUT2D eigenvalue weighted by Gasteiger charge is 2.15. The van der Waals surface area contributed by atoms with E-state index < -0.39 is 0 Å². The maximum atomic E-state index is 11.8. The van der Waals surface area contributed by atoms with Crippen molar-refractivity contribution in [3.63, 3.8) is 0 Å². The summed E-state index contributed by atoms with van der Waals surface area (Å²) in [5.41, 5.74) is 1.49. The highest BCUT2D eigenvalue weighted by molar-refractivity contribution is 5.91. The number of ether oxygens (including phenoxy) is 1. The summed E-state index contributed by atoms with van der Waals surface area (Å²) in [6.45, 7) is 4.60. The molecule has 0 spiro atoms. The van der Waals surface area contributed by atoms with Crippen LogP contribution in [0.25, 0.3) is 0 Å². The van der Waals surface area contributed by atoms with Crippen LogP contribution in [0.2, 0.25) is 0 Å². The van der Waals surface area contributed by atoms with Crippen molar-refractivity contribution >= 4 is 18.4 Å². The molecule has 0 aromatic heterocycles. The molecule has 0 aliphatic carbocycles. The molecule has 1 rings (SSSR count). The molecule has 0 aliphatic heterocycles. The fourth-order valence-corrected chi connectivity index (χ4v) is 1.59. The molecule has 0 unspecified atom stereocenters. The quantitative estimate of drug-likeness (QED) is 0.658. The molecular weight excluding hydrogens is 250 g/mol. The van der Waals surface area contributed by atoms with Crippen LogP contribution in [0.5, 0.6) is 0 Å². The van der Waals surface area contributed by atoms with Gasteiger partial charge in [0.25, 0.3) is 0 Å². The molecule has 98 valence electrons. The maximum absolute atomic E-state index is 11.8. The van der Waals surface area contributed by atoms with E-state index in [1.54, 1.807) is 13.0 Å². The van der Waals surface area contributed by atoms with Gasteiger partial charge in [-0.2, -0.15) is 0 Å². The number of halogens is 1. The van der Waals surface area contributed by atoms with Crippen LogP contribution in [0.1, 0.15) is 35.8 Å². The van der Waals surface area contributed by atoms with Gasteiger partial charge < -0.3 is 4.74 Å². The van der Waals surface area contributed by atoms with Gasteiger partial charge in [0.15, 0.2) is 0 Å². The largest absolute Gasteiger partial charge is 0.462 e. The van der Waals surface area contributed by atoms with E-state index in [-0.39, 0.29) is 24.4 Å². The van der Waals surface area contributed by atoms with E-state index in [2.05, 4.69) is 11.2 Å². The number of hydrogen-bond donors (Lipinski definition) is 1. The summed E-state index contributed by atoms with van der Waals surface area (Å²) in [5, 5.41) is 3.14. The van der Waals surface area contributed by atoms with E-state index in [0.717, 1.165) is 5.56 Å². The van der Waals surface area contributed by atoms with Crippen molar-refractivity contribution in [3.8, 4) is 12.3 Å². The molecule has 0 heterocycles. The molecule has 1 aromatic rings. The average molecular weight is 268 g/mol. The lowest BCUT2D eigenvalue weighted by molar-refractivity contribution is 0.0524. The summed E-state index contributed by atoms with van der Waals surface area (Å²) in [6, 6.07) is 7.41. The summed E-state index contributed by atoms with van der Waals surface area (Å²) in [5.74, 6) is 2.22. The fourth-order valence-electron chi connectivity index (χ4n) is 1.59. The minimum atomic E-state index is -0.294. The fraction of sp³-hybridized carbons (Fsp3) is 0.357. The van der Waals surface area contributed by atoms with Gasteiger partial charge in [0.2, 0.25) is 0 Å². The van der Waals surface area contributed by atoms with Gasteiger partial charge in [0.05, 0.1) is 18.7 Å². The Hall–Kier alpha value is -1.50. The number of terminal acetylenes is 1. The summed E-state index contributed by atoms with van der Waals surface area (Å²) in [6.07, 6.45) is 5.20. The number of carbonyl (C=O) groups excluding carboxylic acids is 1. The molecule has 0 radical (unpaired) electrons. The zero-order valence-electron chi connectivity index (χ0n) is 10.6. The van der Waals surface area contributed by atoms with Crippen molar-refractivity contribution in [1.29, 1.82) is 0 Å². The molecule has 1 atom stereocenters. The van der Waals surface area contributed by atoms with Gasteiger partial charge in [-0.15, -0.1) is 18.8 Å². The number of nitrogens with one attached hydrogen (secondary N) is 1. The summed E-state index contributed by atoms with van der Waals surface area (Å²) >= 11 is 0. The first kappa shape index (κ1) is 16.5. The molecule has 18 heavy (non-hydrogen) atoms. The Labute approximate surface area is 114 Å². The van der Waals surface area contributed by atoms with Crippen LogP contribution in [-0.2, 0) is 4.74 Å². The number of esters is 1. The Bertz CT molecular complexity index is 426. The molecule has 0 saturated carbocycles. The molecule has 0 bridgehead atoms. The van der Waals surface area contributed by atoms with Crippen LogP contribution in [0, 0.1) is 12.3 Å². The Balaban J connectivity index is 0.00000289. The van der Waals surface area contributed by atoms with Crippen LogP contribution in [0.4, 0.5) is 0 Å². The highest BCUT2D eigenvalue weighted by atomic mass is 35.5. The van der Waals surface area contributed by atoms with Crippen LogP contribution >= 0.6 is 12.4 Å². The van der Waals surface area contributed by atoms with Crippen molar-refractivity contribution in [2.24, 2.45) is 0 Å². The monoisotopic (exact) mass is 267 g/mol. The topological polar surface area (TPSA) is 38.3 Å². The zero-order chi connectivity index (χ0) is 12.7. The van der Waals surface area contributed by atoms with Gasteiger partial charge in [-0.1, -0.05) is 24.1 Å². The summed E-state index contributed by atoms with van der Waals surface area (Å²) in [4.78, 5) is 11.8. The van der Waals surface area contributed by atoms with Crippen LogP contribution < -0.4 is 5.32 Å². The van der Waals surface area contributed by atoms with Gasteiger partial charge in [0, 0.05) is 6.04 Å². The first-order chi connectivity index (χ1) is 8.20. The van der Waals surface area contributed by atoms with Crippen molar-refractivity contribution in [3.05, 3.63) is 35.4 Å². The standard InChI is InChI=1S/C14H17NO2.ClH/c1-4-10-15-11(3)12-8-6-7-9-13(12)14(16)17-5-2;/h1,6-9,11,15H,5,10H2,2-3H3;1H/t11-;/m0./s1. The minimum absolute atomic E-state index is 0. The second-order valence-electron chi connectivity index (χ2n) is 3.61. The molecule has 0 amide bonds. The van der Waals surface area contributed by atoms with Gasteiger partial charge in [-0.05, 0) is 25.5 Å². The van der Waals surface area contributed by atoms with E-state index in [1.165, 1.54) is 0 Å². The molecule has 1 N–H and O–H groups in total. The van der Waals surface area contributed by atoms with E-state index in [4.69, 9.17) is 11.2 Å². The SMILES string of the molecule is C#CCN[C@@H](C)c1ccccc1C(=O)OCC.Cl. The van der Waals surface area contributed by atoms with Crippen LogP contribution in [0.15, 0.2) is 24.3 Å². The molecule has 4 heteroatoms. The van der Waals surface area contributed by atoms with E-state index >= 15 is 0 Å². The Morgan fingerprint density at radius 1 is 1.50 bits per heavy atom. The lowest BCUT2D eigenvalue weighted by Gasteiger charge is -2.15.